The number of carbonyl (C=O) groups excluding carboxylic acids is 4. The van der Waals surface area contributed by atoms with Gasteiger partial charge in [0, 0.05) is 10.8 Å². The minimum Gasteiger partial charge on any atom is -0.278 e. The van der Waals surface area contributed by atoms with Gasteiger partial charge in [-0.05, 0) is 48.6 Å². The van der Waals surface area contributed by atoms with E-state index in [0.717, 1.165) is 24.0 Å². The summed E-state index contributed by atoms with van der Waals surface area (Å²) >= 11 is 0. The minimum absolute atomic E-state index is 0.0843. The molecule has 4 bridgehead atoms. The van der Waals surface area contributed by atoms with Gasteiger partial charge in [0.15, 0.2) is 0 Å². The molecule has 7 rings (SSSR count). The van der Waals surface area contributed by atoms with Crippen molar-refractivity contribution in [1.29, 1.82) is 0 Å². The molecule has 8 unspecified atom stereocenters. The lowest BCUT2D eigenvalue weighted by Gasteiger charge is -2.29. The first-order valence-corrected chi connectivity index (χ1v) is 13.7. The van der Waals surface area contributed by atoms with E-state index >= 15 is 0 Å². The number of rotatable bonds is 8. The fourth-order valence-corrected chi connectivity index (χ4v) is 8.91. The van der Waals surface area contributed by atoms with Crippen LogP contribution in [0.5, 0.6) is 0 Å². The molecule has 2 saturated heterocycles. The average molecular weight is 509 g/mol. The molecule has 6 aliphatic rings. The highest BCUT2D eigenvalue weighted by molar-refractivity contribution is 6.07. The highest BCUT2D eigenvalue weighted by atomic mass is 16.2. The fourth-order valence-electron chi connectivity index (χ4n) is 8.91. The van der Waals surface area contributed by atoms with Crippen LogP contribution in [0.2, 0.25) is 0 Å². The van der Waals surface area contributed by atoms with E-state index in [2.05, 4.69) is 37.5 Å². The number of nitrogens with zero attached hydrogens (tertiary/aromatic N) is 2. The van der Waals surface area contributed by atoms with Gasteiger partial charge in [0.25, 0.3) is 0 Å². The molecule has 38 heavy (non-hydrogen) atoms. The lowest BCUT2D eigenvalue weighted by molar-refractivity contribution is -0.143. The van der Waals surface area contributed by atoms with Crippen molar-refractivity contribution in [2.75, 3.05) is 0 Å². The van der Waals surface area contributed by atoms with Gasteiger partial charge in [-0.15, -0.1) is 13.2 Å². The molecule has 4 aliphatic carbocycles. The molecule has 8 atom stereocenters. The Bertz CT molecular complexity index is 1280. The van der Waals surface area contributed by atoms with E-state index in [-0.39, 0.29) is 83.1 Å². The number of benzene rings is 1. The summed E-state index contributed by atoms with van der Waals surface area (Å²) in [6, 6.07) is 7.59. The average Bonchev–Trinajstić information content (AvgIpc) is 3.72. The van der Waals surface area contributed by atoms with Crippen molar-refractivity contribution < 1.29 is 19.2 Å². The highest BCUT2D eigenvalue weighted by Crippen LogP contribution is 2.63. The normalized spacial score (nSPS) is 39.6. The number of hydrogen-bond donors (Lipinski definition) is 0. The molecule has 194 valence electrons. The number of carbonyl (C=O) groups is 4. The number of hydrogen-bond acceptors (Lipinski definition) is 4. The van der Waals surface area contributed by atoms with Crippen LogP contribution in [0.3, 0.4) is 0 Å². The SMILES string of the molecule is C=CCC12C=CC(C1)C1C(=O)N(Cc3cccc(CN4C(=O)C5C6C=CC(CC=C)(C6)C5C4=O)c3)C(=O)C12. The first-order valence-electron chi connectivity index (χ1n) is 13.7. The van der Waals surface area contributed by atoms with Crippen LogP contribution in [0, 0.1) is 46.3 Å². The first-order chi connectivity index (χ1) is 18.3. The number of imide groups is 2. The smallest absolute Gasteiger partial charge is 0.234 e. The van der Waals surface area contributed by atoms with Crippen molar-refractivity contribution in [2.24, 2.45) is 46.3 Å². The van der Waals surface area contributed by atoms with Gasteiger partial charge in [-0.2, -0.15) is 0 Å². The zero-order chi connectivity index (χ0) is 26.4. The van der Waals surface area contributed by atoms with Crippen molar-refractivity contribution in [3.63, 3.8) is 0 Å². The third-order valence-corrected chi connectivity index (χ3v) is 10.3. The third kappa shape index (κ3) is 2.94. The van der Waals surface area contributed by atoms with E-state index in [1.54, 1.807) is 0 Å². The Kier molecular flexibility index (Phi) is 4.95. The van der Waals surface area contributed by atoms with Crippen molar-refractivity contribution in [3.8, 4) is 0 Å². The molecule has 0 aromatic heterocycles. The Hall–Kier alpha value is -3.54. The van der Waals surface area contributed by atoms with E-state index in [9.17, 15) is 19.2 Å². The zero-order valence-corrected chi connectivity index (χ0v) is 21.4. The van der Waals surface area contributed by atoms with E-state index in [4.69, 9.17) is 0 Å². The first kappa shape index (κ1) is 23.6. The van der Waals surface area contributed by atoms with Crippen LogP contribution in [0.4, 0.5) is 0 Å². The standard InChI is InChI=1S/C32H32N2O4/c1-3-10-31-12-8-21(15-31)23-25(31)29(37)33(27(23)35)17-19-6-5-7-20(14-19)18-34-28(36)24-22-9-13-32(16-22,11-4-2)26(24)30(34)38/h3-9,12-14,21-26H,1-2,10-11,15-18H2. The van der Waals surface area contributed by atoms with Crippen LogP contribution in [0.15, 0.2) is 73.9 Å². The lowest BCUT2D eigenvalue weighted by Crippen LogP contribution is -2.35. The molecule has 0 spiro atoms. The molecular formula is C32H32N2O4. The predicted molar refractivity (Wildman–Crippen MR) is 141 cm³/mol. The minimum atomic E-state index is -0.308. The second-order valence-electron chi connectivity index (χ2n) is 12.3. The van der Waals surface area contributed by atoms with E-state index < -0.39 is 0 Å². The molecule has 6 heteroatoms. The summed E-state index contributed by atoms with van der Waals surface area (Å²) in [5.74, 6) is -1.28. The fraction of sp³-hybridized carbons (Fsp3) is 0.438. The van der Waals surface area contributed by atoms with Crippen molar-refractivity contribution >= 4 is 23.6 Å². The summed E-state index contributed by atoms with van der Waals surface area (Å²) in [4.78, 5) is 56.6. The monoisotopic (exact) mass is 508 g/mol. The molecule has 2 heterocycles. The van der Waals surface area contributed by atoms with Crippen LogP contribution in [0.25, 0.3) is 0 Å². The highest BCUT2D eigenvalue weighted by Gasteiger charge is 2.66. The van der Waals surface area contributed by atoms with Crippen LogP contribution < -0.4 is 0 Å². The molecule has 2 aliphatic heterocycles. The molecule has 2 saturated carbocycles. The van der Waals surface area contributed by atoms with Gasteiger partial charge in [-0.1, -0.05) is 60.7 Å². The molecular weight excluding hydrogens is 476 g/mol. The zero-order valence-electron chi connectivity index (χ0n) is 21.4. The summed E-state index contributed by atoms with van der Waals surface area (Å²) in [6.45, 7) is 8.18. The Morgan fingerprint density at radius 2 is 1.18 bits per heavy atom. The summed E-state index contributed by atoms with van der Waals surface area (Å²) in [5, 5.41) is 0. The van der Waals surface area contributed by atoms with Gasteiger partial charge in [-0.3, -0.25) is 29.0 Å². The Balaban J connectivity index is 1.09. The van der Waals surface area contributed by atoms with Gasteiger partial charge in [-0.25, -0.2) is 0 Å². The van der Waals surface area contributed by atoms with Crippen LogP contribution in [0.1, 0.15) is 36.8 Å². The van der Waals surface area contributed by atoms with Crippen molar-refractivity contribution in [2.45, 2.75) is 38.8 Å². The second kappa shape index (κ2) is 7.98. The summed E-state index contributed by atoms with van der Waals surface area (Å²) in [6.07, 6.45) is 15.3. The van der Waals surface area contributed by atoms with E-state index in [1.165, 1.54) is 9.80 Å². The Labute approximate surface area is 222 Å². The predicted octanol–water partition coefficient (Wildman–Crippen LogP) is 4.19. The van der Waals surface area contributed by atoms with Gasteiger partial charge in [0.1, 0.15) is 0 Å². The van der Waals surface area contributed by atoms with Crippen molar-refractivity contribution in [3.05, 3.63) is 85.0 Å². The molecule has 4 fully saturated rings. The maximum Gasteiger partial charge on any atom is 0.234 e. The molecule has 0 radical (unpaired) electrons. The summed E-state index contributed by atoms with van der Waals surface area (Å²) in [7, 11) is 0. The van der Waals surface area contributed by atoms with Crippen LogP contribution >= 0.6 is 0 Å². The third-order valence-electron chi connectivity index (χ3n) is 10.3. The molecule has 0 N–H and O–H groups in total. The quantitative estimate of drug-likeness (QED) is 0.390. The number of likely N-dealkylation sites (tertiary alicyclic amines) is 2. The topological polar surface area (TPSA) is 74.8 Å². The summed E-state index contributed by atoms with van der Waals surface area (Å²) in [5.41, 5.74) is 1.08. The lowest BCUT2D eigenvalue weighted by atomic mass is 9.73. The molecule has 1 aromatic rings. The van der Waals surface area contributed by atoms with Crippen LogP contribution in [-0.2, 0) is 32.3 Å². The Morgan fingerprint density at radius 3 is 1.61 bits per heavy atom. The Morgan fingerprint density at radius 1 is 0.737 bits per heavy atom. The number of allylic oxidation sites excluding steroid dienone is 6. The van der Waals surface area contributed by atoms with Gasteiger partial charge in [0.2, 0.25) is 23.6 Å². The van der Waals surface area contributed by atoms with Gasteiger partial charge >= 0.3 is 0 Å². The number of amides is 4. The van der Waals surface area contributed by atoms with Crippen molar-refractivity contribution in [1.82, 2.24) is 9.80 Å². The maximum absolute atomic E-state index is 13.5. The largest absolute Gasteiger partial charge is 0.278 e. The molecule has 1 aromatic carbocycles. The van der Waals surface area contributed by atoms with Gasteiger partial charge < -0.3 is 0 Å². The van der Waals surface area contributed by atoms with E-state index in [0.29, 0.717) is 12.8 Å². The van der Waals surface area contributed by atoms with E-state index in [1.807, 2.05) is 36.4 Å². The van der Waals surface area contributed by atoms with Gasteiger partial charge in [0.05, 0.1) is 36.8 Å². The number of fused-ring (bicyclic) bond motifs is 10. The maximum atomic E-state index is 13.5. The molecule has 4 amide bonds. The second-order valence-corrected chi connectivity index (χ2v) is 12.3. The van der Waals surface area contributed by atoms with Crippen LogP contribution in [-0.4, -0.2) is 33.4 Å². The molecule has 6 nitrogen and oxygen atoms in total. The summed E-state index contributed by atoms with van der Waals surface area (Å²) < 4.78 is 0.